The van der Waals surface area contributed by atoms with Gasteiger partial charge in [-0.05, 0) is 12.1 Å². The number of rotatable bonds is 4. The molecule has 1 aromatic heterocycles. The van der Waals surface area contributed by atoms with E-state index in [1.54, 1.807) is 18.2 Å². The first-order chi connectivity index (χ1) is 9.47. The minimum atomic E-state index is -1.07. The highest BCUT2D eigenvalue weighted by atomic mass is 16.5. The Balaban J connectivity index is 2.78. The quantitative estimate of drug-likeness (QED) is 0.861. The van der Waals surface area contributed by atoms with Gasteiger partial charge in [-0.25, -0.2) is 4.79 Å². The highest BCUT2D eigenvalue weighted by Gasteiger charge is 2.14. The molecule has 0 unspecified atom stereocenters. The van der Waals surface area contributed by atoms with Gasteiger partial charge >= 0.3 is 11.7 Å². The maximum absolute atomic E-state index is 12.3. The molecule has 1 aromatic carbocycles. The minimum absolute atomic E-state index is 0.159. The smallest absolute Gasteiger partial charge is 0.331 e. The molecule has 0 aliphatic carbocycles. The Morgan fingerprint density at radius 3 is 2.65 bits per heavy atom. The van der Waals surface area contributed by atoms with Crippen LogP contribution in [-0.2, 0) is 18.4 Å². The van der Waals surface area contributed by atoms with Crippen molar-refractivity contribution in [1.29, 1.82) is 0 Å². The van der Waals surface area contributed by atoms with Crippen LogP contribution in [0.4, 0.5) is 0 Å². The lowest BCUT2D eigenvalue weighted by Gasteiger charge is -2.12. The third-order valence-electron chi connectivity index (χ3n) is 3.10. The van der Waals surface area contributed by atoms with Crippen LogP contribution in [0.5, 0.6) is 5.75 Å². The number of fused-ring (bicyclic) bond motifs is 1. The number of carbonyl (C=O) groups is 1. The molecule has 0 bridgehead atoms. The highest BCUT2D eigenvalue weighted by molar-refractivity contribution is 5.84. The van der Waals surface area contributed by atoms with E-state index in [1.807, 2.05) is 0 Å². The zero-order chi connectivity index (χ0) is 14.9. The van der Waals surface area contributed by atoms with Gasteiger partial charge < -0.3 is 9.84 Å². The first-order valence-corrected chi connectivity index (χ1v) is 5.95. The van der Waals surface area contributed by atoms with E-state index in [1.165, 1.54) is 18.7 Å². The number of hydrogen-bond donors (Lipinski definition) is 1. The van der Waals surface area contributed by atoms with Gasteiger partial charge in [-0.1, -0.05) is 6.07 Å². The number of methoxy groups -OCH3 is 1. The van der Waals surface area contributed by atoms with Crippen molar-refractivity contribution in [2.75, 3.05) is 7.11 Å². The van der Waals surface area contributed by atoms with Crippen molar-refractivity contribution in [3.63, 3.8) is 0 Å². The molecule has 0 saturated carbocycles. The summed E-state index contributed by atoms with van der Waals surface area (Å²) in [4.78, 5) is 35.0. The molecule has 1 heterocycles. The van der Waals surface area contributed by atoms with Crippen molar-refractivity contribution in [2.45, 2.75) is 13.0 Å². The van der Waals surface area contributed by atoms with Gasteiger partial charge in [0.2, 0.25) is 0 Å². The van der Waals surface area contributed by atoms with E-state index in [0.29, 0.717) is 16.7 Å². The Morgan fingerprint density at radius 1 is 1.35 bits per heavy atom. The molecule has 0 radical (unpaired) electrons. The summed E-state index contributed by atoms with van der Waals surface area (Å²) in [6.45, 7) is -0.159. The van der Waals surface area contributed by atoms with Crippen molar-refractivity contribution < 1.29 is 14.6 Å². The number of aryl methyl sites for hydroxylation is 1. The fourth-order valence-electron chi connectivity index (χ4n) is 2.12. The lowest BCUT2D eigenvalue weighted by Crippen LogP contribution is -2.39. The lowest BCUT2D eigenvalue weighted by atomic mass is 10.2. The van der Waals surface area contributed by atoms with E-state index in [4.69, 9.17) is 9.84 Å². The van der Waals surface area contributed by atoms with Crippen LogP contribution in [0, 0.1) is 0 Å². The van der Waals surface area contributed by atoms with Crippen molar-refractivity contribution in [2.24, 2.45) is 7.05 Å². The molecule has 0 spiro atoms. The van der Waals surface area contributed by atoms with Crippen molar-refractivity contribution in [3.8, 4) is 5.75 Å². The van der Waals surface area contributed by atoms with Gasteiger partial charge in [0, 0.05) is 13.6 Å². The minimum Gasteiger partial charge on any atom is -0.495 e. The Bertz CT molecular complexity index is 788. The fraction of sp³-hybridized carbons (Fsp3) is 0.308. The highest BCUT2D eigenvalue weighted by Crippen LogP contribution is 2.20. The molecule has 7 heteroatoms. The average Bonchev–Trinajstić information content (AvgIpc) is 2.43. The SMILES string of the molecule is COc1cccc2c(=O)n(CCC(=O)O)c(=O)n(C)c12. The zero-order valence-electron chi connectivity index (χ0n) is 11.1. The molecule has 0 fully saturated rings. The molecular weight excluding hydrogens is 264 g/mol. The van der Waals surface area contributed by atoms with Gasteiger partial charge in [-0.3, -0.25) is 18.7 Å². The number of aliphatic carboxylic acids is 1. The van der Waals surface area contributed by atoms with Crippen LogP contribution < -0.4 is 16.0 Å². The Morgan fingerprint density at radius 2 is 2.05 bits per heavy atom. The number of ether oxygens (including phenoxy) is 1. The molecule has 0 atom stereocenters. The summed E-state index contributed by atoms with van der Waals surface area (Å²) in [5.41, 5.74) is -0.673. The largest absolute Gasteiger partial charge is 0.495 e. The van der Waals surface area contributed by atoms with Gasteiger partial charge in [-0.15, -0.1) is 0 Å². The van der Waals surface area contributed by atoms with Crippen LogP contribution in [0.25, 0.3) is 10.9 Å². The number of carboxylic acids is 1. The topological polar surface area (TPSA) is 90.5 Å². The van der Waals surface area contributed by atoms with E-state index in [0.717, 1.165) is 4.57 Å². The first-order valence-electron chi connectivity index (χ1n) is 5.95. The van der Waals surface area contributed by atoms with Crippen LogP contribution in [0.15, 0.2) is 27.8 Å². The molecule has 2 rings (SSSR count). The van der Waals surface area contributed by atoms with Crippen LogP contribution in [0.3, 0.4) is 0 Å². The van der Waals surface area contributed by atoms with Crippen molar-refractivity contribution >= 4 is 16.9 Å². The Labute approximate surface area is 113 Å². The Kier molecular flexibility index (Phi) is 3.60. The number of aromatic nitrogens is 2. The summed E-state index contributed by atoms with van der Waals surface area (Å²) in [5.74, 6) is -0.644. The number of nitrogens with zero attached hydrogens (tertiary/aromatic N) is 2. The molecule has 20 heavy (non-hydrogen) atoms. The molecule has 0 aliphatic heterocycles. The van der Waals surface area contributed by atoms with E-state index in [9.17, 15) is 14.4 Å². The van der Waals surface area contributed by atoms with Crippen LogP contribution in [0.1, 0.15) is 6.42 Å². The number of benzene rings is 1. The third kappa shape index (κ3) is 2.18. The molecule has 0 aliphatic rings. The molecule has 1 N–H and O–H groups in total. The van der Waals surface area contributed by atoms with Gasteiger partial charge in [0.25, 0.3) is 5.56 Å². The first kappa shape index (κ1) is 13.9. The summed E-state index contributed by atoms with van der Waals surface area (Å²) in [7, 11) is 2.97. The van der Waals surface area contributed by atoms with E-state index in [2.05, 4.69) is 0 Å². The maximum atomic E-state index is 12.3. The van der Waals surface area contributed by atoms with E-state index in [-0.39, 0.29) is 13.0 Å². The second-order valence-corrected chi connectivity index (χ2v) is 4.30. The lowest BCUT2D eigenvalue weighted by molar-refractivity contribution is -0.137. The van der Waals surface area contributed by atoms with Gasteiger partial charge in [-0.2, -0.15) is 0 Å². The van der Waals surface area contributed by atoms with Crippen molar-refractivity contribution in [3.05, 3.63) is 39.0 Å². The Hall–Kier alpha value is -2.57. The average molecular weight is 278 g/mol. The number of hydrogen-bond acceptors (Lipinski definition) is 4. The third-order valence-corrected chi connectivity index (χ3v) is 3.10. The number of carboxylic acid groups (broad SMARTS) is 1. The predicted molar refractivity (Wildman–Crippen MR) is 72.3 cm³/mol. The summed E-state index contributed by atoms with van der Waals surface area (Å²) in [6.07, 6.45) is -0.287. The van der Waals surface area contributed by atoms with E-state index < -0.39 is 17.2 Å². The van der Waals surface area contributed by atoms with E-state index >= 15 is 0 Å². The molecular formula is C13H14N2O5. The summed E-state index contributed by atoms with van der Waals surface area (Å²) in [6, 6.07) is 4.88. The van der Waals surface area contributed by atoms with Crippen LogP contribution >= 0.6 is 0 Å². The second-order valence-electron chi connectivity index (χ2n) is 4.30. The second kappa shape index (κ2) is 5.20. The summed E-state index contributed by atoms with van der Waals surface area (Å²) >= 11 is 0. The zero-order valence-corrected chi connectivity index (χ0v) is 11.1. The summed E-state index contributed by atoms with van der Waals surface area (Å²) in [5, 5.41) is 8.99. The molecule has 106 valence electrons. The standard InChI is InChI=1S/C13H14N2O5/c1-14-11-8(4-3-5-9(11)20-2)12(18)15(13(14)19)7-6-10(16)17/h3-5H,6-7H2,1-2H3,(H,16,17). The predicted octanol–water partition coefficient (Wildman–Crippen LogP) is 0.184. The van der Waals surface area contributed by atoms with Gasteiger partial charge in [0.05, 0.1) is 18.9 Å². The van der Waals surface area contributed by atoms with Crippen LogP contribution in [-0.4, -0.2) is 27.3 Å². The monoisotopic (exact) mass is 278 g/mol. The molecule has 2 aromatic rings. The fourth-order valence-corrected chi connectivity index (χ4v) is 2.12. The van der Waals surface area contributed by atoms with Crippen molar-refractivity contribution in [1.82, 2.24) is 9.13 Å². The van der Waals surface area contributed by atoms with Gasteiger partial charge in [0.15, 0.2) is 0 Å². The van der Waals surface area contributed by atoms with Gasteiger partial charge in [0.1, 0.15) is 11.3 Å². The maximum Gasteiger partial charge on any atom is 0.331 e. The van der Waals surface area contributed by atoms with Crippen LogP contribution in [0.2, 0.25) is 0 Å². The normalized spacial score (nSPS) is 10.7. The molecule has 0 saturated heterocycles. The molecule has 0 amide bonds. The summed E-state index contributed by atoms with van der Waals surface area (Å²) < 4.78 is 7.37. The number of para-hydroxylation sites is 1. The molecule has 7 nitrogen and oxygen atoms in total.